The van der Waals surface area contributed by atoms with Gasteiger partial charge in [-0.2, -0.15) is 0 Å². The van der Waals surface area contributed by atoms with Gasteiger partial charge < -0.3 is 10.2 Å². The van der Waals surface area contributed by atoms with E-state index < -0.39 is 6.43 Å². The van der Waals surface area contributed by atoms with Gasteiger partial charge in [0, 0.05) is 0 Å². The minimum absolute atomic E-state index is 0.0492. The van der Waals surface area contributed by atoms with Gasteiger partial charge in [-0.15, -0.1) is 0 Å². The quantitative estimate of drug-likeness (QED) is 0.714. The van der Waals surface area contributed by atoms with Gasteiger partial charge in [0.25, 0.3) is 6.43 Å². The number of rotatable bonds is 2. The molecule has 0 aliphatic rings. The van der Waals surface area contributed by atoms with E-state index in [4.69, 9.17) is 5.73 Å². The van der Waals surface area contributed by atoms with Crippen molar-refractivity contribution in [1.82, 2.24) is 4.98 Å². The molecular weight excluding hydrogens is 154 g/mol. The summed E-state index contributed by atoms with van der Waals surface area (Å²) in [4.78, 5) is 3.68. The molecule has 1 aromatic heterocycles. The molecule has 0 unspecified atom stereocenters. The molecule has 0 fully saturated rings. The highest BCUT2D eigenvalue weighted by atomic mass is 19.3. The van der Waals surface area contributed by atoms with E-state index in [-0.39, 0.29) is 23.9 Å². The van der Waals surface area contributed by atoms with Crippen LogP contribution in [0.25, 0.3) is 0 Å². The number of aromatic nitrogens is 1. The number of aryl methyl sites for hydroxylation is 1. The summed E-state index contributed by atoms with van der Waals surface area (Å²) in [5, 5.41) is 0. The molecule has 0 aliphatic heterocycles. The van der Waals surface area contributed by atoms with Crippen LogP contribution in [0, 0.1) is 6.92 Å². The number of hydrogen-bond acceptors (Lipinski definition) is 3. The van der Waals surface area contributed by atoms with Gasteiger partial charge in [0.15, 0.2) is 5.76 Å². The number of alkyl halides is 2. The topological polar surface area (TPSA) is 52.0 Å². The van der Waals surface area contributed by atoms with Crippen LogP contribution >= 0.6 is 0 Å². The minimum Gasteiger partial charge on any atom is -0.438 e. The molecule has 0 atom stereocenters. The van der Waals surface area contributed by atoms with Crippen molar-refractivity contribution in [2.24, 2.45) is 5.73 Å². The summed E-state index contributed by atoms with van der Waals surface area (Å²) in [5.41, 5.74) is 5.34. The molecule has 62 valence electrons. The molecule has 3 nitrogen and oxygen atoms in total. The smallest absolute Gasteiger partial charge is 0.297 e. The average molecular weight is 162 g/mol. The first-order chi connectivity index (χ1) is 5.15. The molecule has 0 aromatic carbocycles. The van der Waals surface area contributed by atoms with E-state index >= 15 is 0 Å². The van der Waals surface area contributed by atoms with Crippen LogP contribution in [0.3, 0.4) is 0 Å². The van der Waals surface area contributed by atoms with Crippen molar-refractivity contribution in [2.75, 3.05) is 0 Å². The van der Waals surface area contributed by atoms with Gasteiger partial charge >= 0.3 is 0 Å². The lowest BCUT2D eigenvalue weighted by molar-refractivity contribution is 0.119. The van der Waals surface area contributed by atoms with Crippen molar-refractivity contribution >= 4 is 0 Å². The first-order valence-electron chi connectivity index (χ1n) is 3.09. The summed E-state index contributed by atoms with van der Waals surface area (Å²) >= 11 is 0. The largest absolute Gasteiger partial charge is 0.438 e. The summed E-state index contributed by atoms with van der Waals surface area (Å²) in [6.07, 6.45) is -2.61. The van der Waals surface area contributed by atoms with E-state index in [0.29, 0.717) is 0 Å². The van der Waals surface area contributed by atoms with Crippen LogP contribution < -0.4 is 5.73 Å². The van der Waals surface area contributed by atoms with E-state index in [0.717, 1.165) is 0 Å². The zero-order valence-corrected chi connectivity index (χ0v) is 5.97. The zero-order chi connectivity index (χ0) is 8.43. The molecule has 1 aromatic rings. The Bertz CT molecular complexity index is 247. The SMILES string of the molecule is Cc1nc(CN)oc1C(F)F. The molecule has 0 aliphatic carbocycles. The second-order valence-electron chi connectivity index (χ2n) is 2.06. The summed E-state index contributed by atoms with van der Waals surface area (Å²) in [7, 11) is 0. The Kier molecular flexibility index (Phi) is 2.19. The van der Waals surface area contributed by atoms with Crippen LogP contribution in [0.5, 0.6) is 0 Å². The second-order valence-corrected chi connectivity index (χ2v) is 2.06. The fourth-order valence-electron chi connectivity index (χ4n) is 0.756. The molecule has 1 heterocycles. The van der Waals surface area contributed by atoms with Crippen molar-refractivity contribution in [3.8, 4) is 0 Å². The van der Waals surface area contributed by atoms with Gasteiger partial charge in [0.2, 0.25) is 5.89 Å². The molecule has 0 spiro atoms. The third kappa shape index (κ3) is 1.54. The average Bonchev–Trinajstić information content (AvgIpc) is 2.30. The summed E-state index contributed by atoms with van der Waals surface area (Å²) in [5.74, 6) is -0.233. The highest BCUT2D eigenvalue weighted by Crippen LogP contribution is 2.22. The molecule has 2 N–H and O–H groups in total. The number of halogens is 2. The van der Waals surface area contributed by atoms with Crippen LogP contribution in [0.2, 0.25) is 0 Å². The van der Waals surface area contributed by atoms with Gasteiger partial charge in [-0.25, -0.2) is 13.8 Å². The lowest BCUT2D eigenvalue weighted by atomic mass is 10.4. The number of oxazole rings is 1. The standard InChI is InChI=1S/C6H8F2N2O/c1-3-5(6(7)8)11-4(2-9)10-3/h6H,2,9H2,1H3. The summed E-state index contributed by atoms with van der Waals surface area (Å²) in [6.45, 7) is 1.51. The maximum Gasteiger partial charge on any atom is 0.297 e. The van der Waals surface area contributed by atoms with Crippen molar-refractivity contribution in [2.45, 2.75) is 19.9 Å². The minimum atomic E-state index is -2.61. The Balaban J connectivity index is 2.97. The van der Waals surface area contributed by atoms with E-state index in [1.54, 1.807) is 0 Å². The predicted octanol–water partition coefficient (Wildman–Crippen LogP) is 1.38. The lowest BCUT2D eigenvalue weighted by Crippen LogP contribution is -1.95. The number of nitrogens with zero attached hydrogens (tertiary/aromatic N) is 1. The number of hydrogen-bond donors (Lipinski definition) is 1. The highest BCUT2D eigenvalue weighted by Gasteiger charge is 2.17. The first kappa shape index (κ1) is 8.13. The van der Waals surface area contributed by atoms with Crippen molar-refractivity contribution < 1.29 is 13.2 Å². The Hall–Kier alpha value is -0.970. The van der Waals surface area contributed by atoms with Crippen molar-refractivity contribution in [3.63, 3.8) is 0 Å². The van der Waals surface area contributed by atoms with Gasteiger partial charge in [-0.1, -0.05) is 0 Å². The zero-order valence-electron chi connectivity index (χ0n) is 5.97. The van der Waals surface area contributed by atoms with Crippen LogP contribution in [0.1, 0.15) is 23.8 Å². The maximum absolute atomic E-state index is 12.0. The Morgan fingerprint density at radius 1 is 1.64 bits per heavy atom. The fraction of sp³-hybridized carbons (Fsp3) is 0.500. The highest BCUT2D eigenvalue weighted by molar-refractivity contribution is 5.08. The third-order valence-electron chi connectivity index (χ3n) is 1.25. The van der Waals surface area contributed by atoms with Crippen LogP contribution in [0.15, 0.2) is 4.42 Å². The van der Waals surface area contributed by atoms with E-state index in [2.05, 4.69) is 9.40 Å². The molecule has 0 bridgehead atoms. The fourth-order valence-corrected chi connectivity index (χ4v) is 0.756. The molecule has 5 heteroatoms. The van der Waals surface area contributed by atoms with Gasteiger partial charge in [-0.05, 0) is 6.92 Å². The van der Waals surface area contributed by atoms with E-state index in [1.807, 2.05) is 0 Å². The van der Waals surface area contributed by atoms with Gasteiger partial charge in [-0.3, -0.25) is 0 Å². The van der Waals surface area contributed by atoms with E-state index in [1.165, 1.54) is 6.92 Å². The molecule has 1 rings (SSSR count). The molecule has 0 radical (unpaired) electrons. The van der Waals surface area contributed by atoms with Gasteiger partial charge in [0.1, 0.15) is 0 Å². The van der Waals surface area contributed by atoms with E-state index in [9.17, 15) is 8.78 Å². The van der Waals surface area contributed by atoms with Crippen LogP contribution in [-0.2, 0) is 6.54 Å². The Labute approximate surface area is 62.2 Å². The summed E-state index contributed by atoms with van der Waals surface area (Å²) < 4.78 is 28.6. The number of nitrogens with two attached hydrogens (primary N) is 1. The molecule has 0 saturated carbocycles. The van der Waals surface area contributed by atoms with Gasteiger partial charge in [0.05, 0.1) is 12.2 Å². The third-order valence-corrected chi connectivity index (χ3v) is 1.25. The monoisotopic (exact) mass is 162 g/mol. The molecular formula is C6H8F2N2O. The molecule has 11 heavy (non-hydrogen) atoms. The second kappa shape index (κ2) is 2.96. The normalized spacial score (nSPS) is 11.0. The Morgan fingerprint density at radius 3 is 2.55 bits per heavy atom. The predicted molar refractivity (Wildman–Crippen MR) is 34.1 cm³/mol. The molecule has 0 saturated heterocycles. The maximum atomic E-state index is 12.0. The Morgan fingerprint density at radius 2 is 2.27 bits per heavy atom. The molecule has 0 amide bonds. The van der Waals surface area contributed by atoms with Crippen molar-refractivity contribution in [1.29, 1.82) is 0 Å². The van der Waals surface area contributed by atoms with Crippen molar-refractivity contribution in [3.05, 3.63) is 17.3 Å². The lowest BCUT2D eigenvalue weighted by Gasteiger charge is -1.91. The van der Waals surface area contributed by atoms with Crippen LogP contribution in [0.4, 0.5) is 8.78 Å². The van der Waals surface area contributed by atoms with Crippen LogP contribution in [-0.4, -0.2) is 4.98 Å². The first-order valence-corrected chi connectivity index (χ1v) is 3.09. The summed E-state index contributed by atoms with van der Waals surface area (Å²) in [6, 6.07) is 0.